The first kappa shape index (κ1) is 23.2. The van der Waals surface area contributed by atoms with Gasteiger partial charge < -0.3 is 15.1 Å². The van der Waals surface area contributed by atoms with E-state index in [2.05, 4.69) is 38.4 Å². The first-order chi connectivity index (χ1) is 16.4. The number of likely N-dealkylation sites (tertiary alicyclic amines) is 2. The average molecular weight is 485 g/mol. The number of hydrogen-bond acceptors (Lipinski definition) is 5. The van der Waals surface area contributed by atoms with Crippen LogP contribution in [-0.2, 0) is 11.3 Å². The Morgan fingerprint density at radius 1 is 1.03 bits per heavy atom. The van der Waals surface area contributed by atoms with Gasteiger partial charge in [0, 0.05) is 68.2 Å². The normalized spacial score (nSPS) is 20.3. The van der Waals surface area contributed by atoms with E-state index in [4.69, 9.17) is 11.6 Å². The average Bonchev–Trinajstić information content (AvgIpc) is 3.56. The molecule has 0 bridgehead atoms. The Hall–Kier alpha value is -2.58. The minimum absolute atomic E-state index is 0.137. The van der Waals surface area contributed by atoms with Gasteiger partial charge in [0.05, 0.1) is 0 Å². The van der Waals surface area contributed by atoms with Crippen molar-refractivity contribution < 1.29 is 9.59 Å². The third-order valence-electron chi connectivity index (χ3n) is 7.58. The lowest BCUT2D eigenvalue weighted by Crippen LogP contribution is -2.53. The molecule has 3 saturated heterocycles. The fraction of sp³-hybridized carbons (Fsp3) is 0.560. The van der Waals surface area contributed by atoms with Gasteiger partial charge in [-0.15, -0.1) is 5.10 Å². The van der Waals surface area contributed by atoms with Crippen molar-refractivity contribution >= 4 is 35.0 Å². The predicted octanol–water partition coefficient (Wildman–Crippen LogP) is 4.19. The number of carbonyl (C=O) groups excluding carboxylic acids is 2. The lowest BCUT2D eigenvalue weighted by molar-refractivity contribution is -0.114. The van der Waals surface area contributed by atoms with Crippen LogP contribution in [-0.4, -0.2) is 69.8 Å². The second kappa shape index (κ2) is 9.58. The second-order valence-electron chi connectivity index (χ2n) is 9.86. The van der Waals surface area contributed by atoms with Gasteiger partial charge in [0.2, 0.25) is 5.91 Å². The Kier molecular flexibility index (Phi) is 6.53. The number of piperidine rings is 1. The van der Waals surface area contributed by atoms with Crippen LogP contribution in [0.4, 0.5) is 16.3 Å². The summed E-state index contributed by atoms with van der Waals surface area (Å²) in [5.74, 6) is 0.192. The number of amides is 2. The van der Waals surface area contributed by atoms with Crippen molar-refractivity contribution in [3.63, 3.8) is 0 Å². The SMILES string of the molecule is CC(=O)Nc1ccn(C(=O)N2CCC3(CCCN3Cc3cc(Cl)cc(N4CCCC4)c3)CC2)n1. The maximum absolute atomic E-state index is 13.0. The van der Waals surface area contributed by atoms with Crippen LogP contribution >= 0.6 is 11.6 Å². The minimum Gasteiger partial charge on any atom is -0.371 e. The molecule has 5 rings (SSSR count). The standard InChI is InChI=1S/C25H33ClN6O2/c1-19(33)27-23-5-12-32(28-23)24(34)30-13-7-25(8-14-30)6-4-11-31(25)18-20-15-21(26)17-22(16-20)29-9-2-3-10-29/h5,12,15-17H,2-4,6-11,13-14,18H2,1H3,(H,27,28,33). The van der Waals surface area contributed by atoms with Gasteiger partial charge in [-0.05, 0) is 68.8 Å². The van der Waals surface area contributed by atoms with E-state index in [1.807, 2.05) is 4.90 Å². The maximum Gasteiger partial charge on any atom is 0.344 e. The van der Waals surface area contributed by atoms with Crippen molar-refractivity contribution in [2.45, 2.75) is 57.5 Å². The molecule has 3 fully saturated rings. The molecule has 1 aromatic carbocycles. The Morgan fingerprint density at radius 2 is 1.79 bits per heavy atom. The smallest absolute Gasteiger partial charge is 0.344 e. The number of nitrogens with one attached hydrogen (secondary N) is 1. The zero-order valence-electron chi connectivity index (χ0n) is 19.8. The van der Waals surface area contributed by atoms with Crippen LogP contribution in [0.5, 0.6) is 0 Å². The van der Waals surface area contributed by atoms with Crippen LogP contribution in [0.25, 0.3) is 0 Å². The van der Waals surface area contributed by atoms with E-state index in [0.717, 1.165) is 44.0 Å². The summed E-state index contributed by atoms with van der Waals surface area (Å²) in [6.07, 6.45) is 8.38. The van der Waals surface area contributed by atoms with E-state index in [1.165, 1.54) is 48.5 Å². The molecule has 9 heteroatoms. The van der Waals surface area contributed by atoms with Crippen LogP contribution < -0.4 is 10.2 Å². The van der Waals surface area contributed by atoms with E-state index in [9.17, 15) is 9.59 Å². The molecule has 1 spiro atoms. The van der Waals surface area contributed by atoms with Crippen molar-refractivity contribution in [3.05, 3.63) is 41.0 Å². The van der Waals surface area contributed by atoms with Crippen molar-refractivity contribution in [1.29, 1.82) is 0 Å². The van der Waals surface area contributed by atoms with Crippen LogP contribution in [0.1, 0.15) is 51.0 Å². The summed E-state index contributed by atoms with van der Waals surface area (Å²) < 4.78 is 1.32. The third-order valence-corrected chi connectivity index (χ3v) is 7.80. The van der Waals surface area contributed by atoms with Gasteiger partial charge >= 0.3 is 6.03 Å². The van der Waals surface area contributed by atoms with E-state index in [-0.39, 0.29) is 17.5 Å². The number of carbonyl (C=O) groups is 2. The molecule has 2 aromatic rings. The molecule has 8 nitrogen and oxygen atoms in total. The quantitative estimate of drug-likeness (QED) is 0.704. The maximum atomic E-state index is 13.0. The fourth-order valence-corrected chi connectivity index (χ4v) is 6.10. The highest BCUT2D eigenvalue weighted by molar-refractivity contribution is 6.30. The summed E-state index contributed by atoms with van der Waals surface area (Å²) in [6, 6.07) is 8.02. The number of hydrogen-bond donors (Lipinski definition) is 1. The van der Waals surface area contributed by atoms with Gasteiger partial charge in [-0.1, -0.05) is 11.6 Å². The summed E-state index contributed by atoms with van der Waals surface area (Å²) in [4.78, 5) is 31.1. The van der Waals surface area contributed by atoms with Gasteiger partial charge in [0.15, 0.2) is 5.82 Å². The molecule has 1 aromatic heterocycles. The Labute approximate surface area is 205 Å². The molecule has 182 valence electrons. The molecule has 34 heavy (non-hydrogen) atoms. The number of nitrogens with zero attached hydrogens (tertiary/aromatic N) is 5. The molecule has 1 N–H and O–H groups in total. The lowest BCUT2D eigenvalue weighted by atomic mass is 9.85. The highest BCUT2D eigenvalue weighted by Gasteiger charge is 2.43. The molecule has 0 radical (unpaired) electrons. The van der Waals surface area contributed by atoms with E-state index < -0.39 is 0 Å². The molecule has 0 aliphatic carbocycles. The molecule has 0 saturated carbocycles. The van der Waals surface area contributed by atoms with E-state index >= 15 is 0 Å². The Morgan fingerprint density at radius 3 is 2.53 bits per heavy atom. The van der Waals surface area contributed by atoms with E-state index in [0.29, 0.717) is 18.9 Å². The summed E-state index contributed by atoms with van der Waals surface area (Å²) >= 11 is 6.51. The summed E-state index contributed by atoms with van der Waals surface area (Å²) in [5.41, 5.74) is 2.65. The highest BCUT2D eigenvalue weighted by Crippen LogP contribution is 2.40. The van der Waals surface area contributed by atoms with Gasteiger partial charge in [-0.25, -0.2) is 4.79 Å². The monoisotopic (exact) mass is 484 g/mol. The molecule has 0 unspecified atom stereocenters. The van der Waals surface area contributed by atoms with Gasteiger partial charge in [0.25, 0.3) is 0 Å². The molecule has 0 atom stereocenters. The van der Waals surface area contributed by atoms with Crippen LogP contribution in [0.3, 0.4) is 0 Å². The predicted molar refractivity (Wildman–Crippen MR) is 133 cm³/mol. The van der Waals surface area contributed by atoms with Gasteiger partial charge in [-0.3, -0.25) is 9.69 Å². The molecular formula is C25H33ClN6O2. The lowest BCUT2D eigenvalue weighted by Gasteiger charge is -2.45. The first-order valence-corrected chi connectivity index (χ1v) is 12.7. The van der Waals surface area contributed by atoms with Gasteiger partial charge in [-0.2, -0.15) is 4.68 Å². The largest absolute Gasteiger partial charge is 0.371 e. The van der Waals surface area contributed by atoms with Gasteiger partial charge in [0.1, 0.15) is 0 Å². The minimum atomic E-state index is -0.203. The van der Waals surface area contributed by atoms with Crippen molar-refractivity contribution in [1.82, 2.24) is 19.6 Å². The first-order valence-electron chi connectivity index (χ1n) is 12.3. The Balaban J connectivity index is 1.23. The second-order valence-corrected chi connectivity index (χ2v) is 10.3. The number of rotatable bonds is 4. The van der Waals surface area contributed by atoms with E-state index in [1.54, 1.807) is 12.3 Å². The Bertz CT molecular complexity index is 1060. The molecule has 4 heterocycles. The summed E-state index contributed by atoms with van der Waals surface area (Å²) in [7, 11) is 0. The van der Waals surface area contributed by atoms with Crippen molar-refractivity contribution in [2.24, 2.45) is 0 Å². The number of benzene rings is 1. The molecule has 3 aliphatic rings. The number of halogens is 1. The highest BCUT2D eigenvalue weighted by atomic mass is 35.5. The fourth-order valence-electron chi connectivity index (χ4n) is 5.85. The molecular weight excluding hydrogens is 452 g/mol. The number of aromatic nitrogens is 2. The van der Waals surface area contributed by atoms with Crippen LogP contribution in [0.2, 0.25) is 5.02 Å². The van der Waals surface area contributed by atoms with Crippen molar-refractivity contribution in [3.8, 4) is 0 Å². The van der Waals surface area contributed by atoms with Crippen LogP contribution in [0.15, 0.2) is 30.5 Å². The summed E-state index contributed by atoms with van der Waals surface area (Å²) in [6.45, 7) is 7.04. The number of anilines is 2. The zero-order valence-corrected chi connectivity index (χ0v) is 20.6. The molecule has 3 aliphatic heterocycles. The third kappa shape index (κ3) is 4.79. The topological polar surface area (TPSA) is 73.7 Å². The zero-order chi connectivity index (χ0) is 23.7. The molecule has 2 amide bonds. The van der Waals surface area contributed by atoms with Crippen molar-refractivity contribution in [2.75, 3.05) is 42.9 Å². The van der Waals surface area contributed by atoms with Crippen LogP contribution in [0, 0.1) is 0 Å². The summed E-state index contributed by atoms with van der Waals surface area (Å²) in [5, 5.41) is 7.63.